The van der Waals surface area contributed by atoms with Gasteiger partial charge in [0.2, 0.25) is 5.91 Å². The maximum Gasteiger partial charge on any atom is 0.244 e. The van der Waals surface area contributed by atoms with Crippen LogP contribution in [0.3, 0.4) is 0 Å². The minimum atomic E-state index is -0.125. The molecule has 2 rings (SSSR count). The fourth-order valence-corrected chi connectivity index (χ4v) is 2.88. The molecule has 1 fully saturated rings. The molecule has 1 aromatic carbocycles. The molecule has 19 heavy (non-hydrogen) atoms. The zero-order valence-electron chi connectivity index (χ0n) is 11.1. The molecular weight excluding hydrogens is 283 g/mol. The number of nitrogens with zero attached hydrogens (tertiary/aromatic N) is 1. The van der Waals surface area contributed by atoms with Crippen molar-refractivity contribution in [2.45, 2.75) is 38.8 Å². The van der Waals surface area contributed by atoms with Crippen LogP contribution < -0.4 is 10.2 Å². The van der Waals surface area contributed by atoms with Gasteiger partial charge in [0.05, 0.1) is 16.8 Å². The Labute approximate surface area is 123 Å². The van der Waals surface area contributed by atoms with Gasteiger partial charge in [0.1, 0.15) is 0 Å². The Morgan fingerprint density at radius 1 is 1.37 bits per heavy atom. The lowest BCUT2D eigenvalue weighted by atomic mass is 10.0. The van der Waals surface area contributed by atoms with E-state index in [9.17, 15) is 4.79 Å². The van der Waals surface area contributed by atoms with Crippen molar-refractivity contribution in [3.05, 3.63) is 28.2 Å². The Bertz CT molecular complexity index is 477. The molecule has 1 aliphatic heterocycles. The lowest BCUT2D eigenvalue weighted by Gasteiger charge is -2.34. The average Bonchev–Trinajstić information content (AvgIpc) is 2.32. The van der Waals surface area contributed by atoms with Crippen LogP contribution in [-0.2, 0) is 4.79 Å². The minimum Gasteiger partial charge on any atom is -0.310 e. The van der Waals surface area contributed by atoms with Crippen molar-refractivity contribution in [1.82, 2.24) is 5.32 Å². The van der Waals surface area contributed by atoms with Crippen molar-refractivity contribution >= 4 is 34.8 Å². The Balaban J connectivity index is 2.21. The maximum atomic E-state index is 12.5. The summed E-state index contributed by atoms with van der Waals surface area (Å²) in [5.74, 6) is 0.0872. The van der Waals surface area contributed by atoms with E-state index in [4.69, 9.17) is 23.2 Å². The van der Waals surface area contributed by atoms with Crippen LogP contribution in [0.15, 0.2) is 18.2 Å². The van der Waals surface area contributed by atoms with Crippen LogP contribution in [-0.4, -0.2) is 24.5 Å². The third kappa shape index (κ3) is 3.41. The summed E-state index contributed by atoms with van der Waals surface area (Å²) in [5, 5.41) is 4.40. The number of rotatable bonds is 3. The van der Waals surface area contributed by atoms with Gasteiger partial charge in [-0.2, -0.15) is 0 Å². The van der Waals surface area contributed by atoms with E-state index in [-0.39, 0.29) is 18.0 Å². The normalized spacial score (nSPS) is 20.2. The van der Waals surface area contributed by atoms with Gasteiger partial charge < -0.3 is 10.2 Å². The first-order chi connectivity index (χ1) is 8.99. The van der Waals surface area contributed by atoms with Gasteiger partial charge in [0.25, 0.3) is 0 Å². The number of hydrogen-bond donors (Lipinski definition) is 1. The summed E-state index contributed by atoms with van der Waals surface area (Å²) in [4.78, 5) is 14.2. The van der Waals surface area contributed by atoms with E-state index in [0.717, 1.165) is 18.5 Å². The summed E-state index contributed by atoms with van der Waals surface area (Å²) in [6.07, 6.45) is 1.84. The Hall–Kier alpha value is -0.770. The molecule has 0 saturated carbocycles. The van der Waals surface area contributed by atoms with Crippen molar-refractivity contribution in [2.75, 3.05) is 11.4 Å². The van der Waals surface area contributed by atoms with Crippen molar-refractivity contribution in [2.24, 2.45) is 0 Å². The van der Waals surface area contributed by atoms with E-state index in [1.54, 1.807) is 23.1 Å². The van der Waals surface area contributed by atoms with Gasteiger partial charge in [-0.3, -0.25) is 4.79 Å². The molecule has 104 valence electrons. The SMILES string of the molecule is CC(C)NC1CCCN(c2ccc(Cl)cc2Cl)C1=O. The van der Waals surface area contributed by atoms with Gasteiger partial charge >= 0.3 is 0 Å². The molecule has 0 spiro atoms. The monoisotopic (exact) mass is 300 g/mol. The smallest absolute Gasteiger partial charge is 0.244 e. The number of benzene rings is 1. The van der Waals surface area contributed by atoms with Crippen LogP contribution in [0.2, 0.25) is 10.0 Å². The summed E-state index contributed by atoms with van der Waals surface area (Å²) in [5.41, 5.74) is 0.742. The molecule has 0 bridgehead atoms. The molecular formula is C14H18Cl2N2O. The summed E-state index contributed by atoms with van der Waals surface area (Å²) >= 11 is 12.1. The Morgan fingerprint density at radius 2 is 2.11 bits per heavy atom. The number of hydrogen-bond acceptors (Lipinski definition) is 2. The molecule has 0 aliphatic carbocycles. The van der Waals surface area contributed by atoms with E-state index in [1.165, 1.54) is 0 Å². The molecule has 1 atom stereocenters. The zero-order valence-corrected chi connectivity index (χ0v) is 12.6. The summed E-state index contributed by atoms with van der Waals surface area (Å²) < 4.78 is 0. The van der Waals surface area contributed by atoms with E-state index in [0.29, 0.717) is 16.6 Å². The third-order valence-corrected chi connectivity index (χ3v) is 3.71. The summed E-state index contributed by atoms with van der Waals surface area (Å²) in [7, 11) is 0. The molecule has 1 aromatic rings. The van der Waals surface area contributed by atoms with Crippen LogP contribution in [0.5, 0.6) is 0 Å². The van der Waals surface area contributed by atoms with Gasteiger partial charge in [-0.1, -0.05) is 37.0 Å². The van der Waals surface area contributed by atoms with Crippen molar-refractivity contribution < 1.29 is 4.79 Å². The molecule has 0 radical (unpaired) electrons. The molecule has 5 heteroatoms. The van der Waals surface area contributed by atoms with Gasteiger partial charge in [-0.15, -0.1) is 0 Å². The van der Waals surface area contributed by atoms with E-state index >= 15 is 0 Å². The fourth-order valence-electron chi connectivity index (χ4n) is 2.37. The Kier molecular flexibility index (Phi) is 4.71. The molecule has 1 heterocycles. The highest BCUT2D eigenvalue weighted by Gasteiger charge is 2.30. The van der Waals surface area contributed by atoms with Gasteiger partial charge in [-0.05, 0) is 31.0 Å². The van der Waals surface area contributed by atoms with Crippen molar-refractivity contribution in [3.8, 4) is 0 Å². The highest BCUT2D eigenvalue weighted by Crippen LogP contribution is 2.31. The fraction of sp³-hybridized carbons (Fsp3) is 0.500. The molecule has 1 N–H and O–H groups in total. The van der Waals surface area contributed by atoms with Gasteiger partial charge in [0, 0.05) is 17.6 Å². The van der Waals surface area contributed by atoms with Crippen LogP contribution in [0, 0.1) is 0 Å². The van der Waals surface area contributed by atoms with Crippen LogP contribution in [0.25, 0.3) is 0 Å². The quantitative estimate of drug-likeness (QED) is 0.927. The first kappa shape index (κ1) is 14.6. The predicted octanol–water partition coefficient (Wildman–Crippen LogP) is 3.49. The molecule has 1 amide bonds. The first-order valence-electron chi connectivity index (χ1n) is 6.51. The third-order valence-electron chi connectivity index (χ3n) is 3.17. The maximum absolute atomic E-state index is 12.5. The van der Waals surface area contributed by atoms with Crippen molar-refractivity contribution in [1.29, 1.82) is 0 Å². The van der Waals surface area contributed by atoms with E-state index in [2.05, 4.69) is 5.32 Å². The molecule has 3 nitrogen and oxygen atoms in total. The molecule has 1 aliphatic rings. The van der Waals surface area contributed by atoms with Crippen molar-refractivity contribution in [3.63, 3.8) is 0 Å². The van der Waals surface area contributed by atoms with E-state index < -0.39 is 0 Å². The van der Waals surface area contributed by atoms with Crippen LogP contribution in [0.1, 0.15) is 26.7 Å². The number of carbonyl (C=O) groups excluding carboxylic acids is 1. The zero-order chi connectivity index (χ0) is 14.0. The average molecular weight is 301 g/mol. The predicted molar refractivity (Wildman–Crippen MR) is 80.1 cm³/mol. The molecule has 1 saturated heterocycles. The second-order valence-electron chi connectivity index (χ2n) is 5.10. The number of carbonyl (C=O) groups is 1. The second kappa shape index (κ2) is 6.12. The van der Waals surface area contributed by atoms with Gasteiger partial charge in [-0.25, -0.2) is 0 Å². The summed E-state index contributed by atoms with van der Waals surface area (Å²) in [6, 6.07) is 5.40. The highest BCUT2D eigenvalue weighted by molar-refractivity contribution is 6.36. The standard InChI is InChI=1S/C14H18Cl2N2O/c1-9(2)17-12-4-3-7-18(14(12)19)13-6-5-10(15)8-11(13)16/h5-6,8-9,12,17H,3-4,7H2,1-2H3. The lowest BCUT2D eigenvalue weighted by molar-refractivity contribution is -0.121. The second-order valence-corrected chi connectivity index (χ2v) is 5.95. The number of amides is 1. The number of piperidine rings is 1. The molecule has 0 aromatic heterocycles. The number of anilines is 1. The van der Waals surface area contributed by atoms with Crippen LogP contribution in [0.4, 0.5) is 5.69 Å². The first-order valence-corrected chi connectivity index (χ1v) is 7.27. The molecule has 1 unspecified atom stereocenters. The van der Waals surface area contributed by atoms with Gasteiger partial charge in [0.15, 0.2) is 0 Å². The number of halogens is 2. The summed E-state index contributed by atoms with van der Waals surface area (Å²) in [6.45, 7) is 4.79. The Morgan fingerprint density at radius 3 is 2.74 bits per heavy atom. The van der Waals surface area contributed by atoms with E-state index in [1.807, 2.05) is 13.8 Å². The highest BCUT2D eigenvalue weighted by atomic mass is 35.5. The number of nitrogens with one attached hydrogen (secondary N) is 1. The topological polar surface area (TPSA) is 32.3 Å². The lowest BCUT2D eigenvalue weighted by Crippen LogP contribution is -2.52. The minimum absolute atomic E-state index is 0.0872. The van der Waals surface area contributed by atoms with Crippen LogP contribution >= 0.6 is 23.2 Å². The largest absolute Gasteiger partial charge is 0.310 e.